The van der Waals surface area contributed by atoms with Crippen molar-refractivity contribution in [2.75, 3.05) is 6.54 Å². The van der Waals surface area contributed by atoms with Crippen LogP contribution in [0.1, 0.15) is 38.1 Å². The van der Waals surface area contributed by atoms with Gasteiger partial charge in [0, 0.05) is 18.0 Å². The molecule has 0 aromatic carbocycles. The maximum atomic E-state index is 10.4. The second-order valence-corrected chi connectivity index (χ2v) is 4.84. The van der Waals surface area contributed by atoms with E-state index in [1.807, 2.05) is 5.38 Å². The lowest BCUT2D eigenvalue weighted by Gasteiger charge is -2.27. The second kappa shape index (κ2) is 5.96. The number of hydrogen-bond acceptors (Lipinski definition) is 4. The Morgan fingerprint density at radius 2 is 2.44 bits per heavy atom. The third-order valence-corrected chi connectivity index (χ3v) is 3.73. The summed E-state index contributed by atoms with van der Waals surface area (Å²) in [5.41, 5.74) is -0.132. The zero-order valence-corrected chi connectivity index (χ0v) is 10.5. The van der Waals surface area contributed by atoms with E-state index in [4.69, 9.17) is 5.11 Å². The highest BCUT2D eigenvalue weighted by molar-refractivity contribution is 7.09. The molecule has 0 spiro atoms. The number of aromatic nitrogens is 1. The van der Waals surface area contributed by atoms with Crippen LogP contribution >= 0.6 is 11.3 Å². The topological polar surface area (TPSA) is 62.2 Å². The summed E-state index contributed by atoms with van der Waals surface area (Å²) in [7, 11) is 0. The van der Waals surface area contributed by atoms with Crippen molar-refractivity contribution in [2.45, 2.75) is 38.6 Å². The minimum absolute atomic E-state index is 0.132. The standard InChI is InChI=1S/C11H18N2O2S/c1-3-11(2,10-12-7-8-16-10)13-6-4-5-9(14)15/h7-8,13H,3-6H2,1-2H3,(H,14,15). The van der Waals surface area contributed by atoms with E-state index in [1.165, 1.54) is 0 Å². The van der Waals surface area contributed by atoms with Gasteiger partial charge in [-0.2, -0.15) is 0 Å². The molecule has 0 bridgehead atoms. The largest absolute Gasteiger partial charge is 0.481 e. The van der Waals surface area contributed by atoms with E-state index in [-0.39, 0.29) is 12.0 Å². The maximum absolute atomic E-state index is 10.4. The maximum Gasteiger partial charge on any atom is 0.303 e. The highest BCUT2D eigenvalue weighted by atomic mass is 32.1. The molecule has 4 nitrogen and oxygen atoms in total. The summed E-state index contributed by atoms with van der Waals surface area (Å²) < 4.78 is 0. The van der Waals surface area contributed by atoms with Crippen LogP contribution in [0.25, 0.3) is 0 Å². The lowest BCUT2D eigenvalue weighted by atomic mass is 9.99. The molecule has 1 atom stereocenters. The van der Waals surface area contributed by atoms with Crippen molar-refractivity contribution >= 4 is 17.3 Å². The number of aliphatic carboxylic acids is 1. The van der Waals surface area contributed by atoms with Crippen LogP contribution in [0.2, 0.25) is 0 Å². The number of hydrogen-bond donors (Lipinski definition) is 2. The first-order valence-electron chi connectivity index (χ1n) is 5.45. The van der Waals surface area contributed by atoms with Gasteiger partial charge in [0.25, 0.3) is 0 Å². The predicted molar refractivity (Wildman–Crippen MR) is 64.6 cm³/mol. The smallest absolute Gasteiger partial charge is 0.303 e. The van der Waals surface area contributed by atoms with Crippen molar-refractivity contribution in [2.24, 2.45) is 0 Å². The Bertz CT molecular complexity index is 327. The molecule has 16 heavy (non-hydrogen) atoms. The van der Waals surface area contributed by atoms with Crippen LogP contribution < -0.4 is 5.32 Å². The number of carboxylic acid groups (broad SMARTS) is 1. The van der Waals surface area contributed by atoms with Crippen LogP contribution in [0.3, 0.4) is 0 Å². The Balaban J connectivity index is 2.45. The Labute approximate surface area is 99.7 Å². The number of nitrogens with one attached hydrogen (secondary N) is 1. The predicted octanol–water partition coefficient (Wildman–Crippen LogP) is 2.22. The Morgan fingerprint density at radius 3 is 2.94 bits per heavy atom. The fourth-order valence-electron chi connectivity index (χ4n) is 1.45. The van der Waals surface area contributed by atoms with Gasteiger partial charge in [0.1, 0.15) is 5.01 Å². The first kappa shape index (κ1) is 13.1. The average Bonchev–Trinajstić information content (AvgIpc) is 2.77. The highest BCUT2D eigenvalue weighted by Gasteiger charge is 2.26. The van der Waals surface area contributed by atoms with Gasteiger partial charge in [0.05, 0.1) is 5.54 Å². The van der Waals surface area contributed by atoms with E-state index in [1.54, 1.807) is 17.5 Å². The fourth-order valence-corrected chi connectivity index (χ4v) is 2.30. The third kappa shape index (κ3) is 3.57. The van der Waals surface area contributed by atoms with Crippen LogP contribution in [0.15, 0.2) is 11.6 Å². The molecular formula is C11H18N2O2S. The summed E-state index contributed by atoms with van der Waals surface area (Å²) in [6.07, 6.45) is 3.60. The van der Waals surface area contributed by atoms with Gasteiger partial charge >= 0.3 is 5.97 Å². The number of thiazole rings is 1. The molecule has 2 N–H and O–H groups in total. The zero-order valence-electron chi connectivity index (χ0n) is 9.69. The van der Waals surface area contributed by atoms with Gasteiger partial charge in [0.15, 0.2) is 0 Å². The van der Waals surface area contributed by atoms with Gasteiger partial charge in [0.2, 0.25) is 0 Å². The van der Waals surface area contributed by atoms with Crippen molar-refractivity contribution in [3.05, 3.63) is 16.6 Å². The minimum Gasteiger partial charge on any atom is -0.481 e. The van der Waals surface area contributed by atoms with E-state index in [9.17, 15) is 4.79 Å². The van der Waals surface area contributed by atoms with Gasteiger partial charge in [-0.05, 0) is 26.3 Å². The molecule has 0 aliphatic rings. The molecule has 1 unspecified atom stereocenters. The van der Waals surface area contributed by atoms with Gasteiger partial charge < -0.3 is 10.4 Å². The Morgan fingerprint density at radius 1 is 1.69 bits per heavy atom. The van der Waals surface area contributed by atoms with Crippen LogP contribution in [-0.4, -0.2) is 22.6 Å². The lowest BCUT2D eigenvalue weighted by molar-refractivity contribution is -0.137. The summed E-state index contributed by atoms with van der Waals surface area (Å²) in [5.74, 6) is -0.741. The van der Waals surface area contributed by atoms with Crippen molar-refractivity contribution in [1.29, 1.82) is 0 Å². The van der Waals surface area contributed by atoms with Crippen molar-refractivity contribution < 1.29 is 9.90 Å². The SMILES string of the molecule is CCC(C)(NCCCC(=O)O)c1nccs1. The number of carboxylic acids is 1. The van der Waals surface area contributed by atoms with E-state index in [2.05, 4.69) is 24.1 Å². The summed E-state index contributed by atoms with van der Waals surface area (Å²) in [6, 6.07) is 0. The first-order chi connectivity index (χ1) is 7.58. The van der Waals surface area contributed by atoms with E-state index < -0.39 is 5.97 Å². The van der Waals surface area contributed by atoms with Gasteiger partial charge in [-0.3, -0.25) is 4.79 Å². The molecule has 1 aromatic rings. The normalized spacial score (nSPS) is 14.6. The van der Waals surface area contributed by atoms with Gasteiger partial charge in [-0.25, -0.2) is 4.98 Å². The third-order valence-electron chi connectivity index (χ3n) is 2.69. The number of rotatable bonds is 7. The van der Waals surface area contributed by atoms with Gasteiger partial charge in [-0.15, -0.1) is 11.3 Å². The quantitative estimate of drug-likeness (QED) is 0.720. The summed E-state index contributed by atoms with van der Waals surface area (Å²) in [4.78, 5) is 14.7. The summed E-state index contributed by atoms with van der Waals surface area (Å²) >= 11 is 1.63. The van der Waals surface area contributed by atoms with Crippen molar-refractivity contribution in [3.8, 4) is 0 Å². The molecule has 1 rings (SSSR count). The summed E-state index contributed by atoms with van der Waals surface area (Å²) in [6.45, 7) is 4.91. The summed E-state index contributed by atoms with van der Waals surface area (Å²) in [5, 5.41) is 15.0. The molecule has 90 valence electrons. The zero-order chi connectivity index (χ0) is 12.0. The van der Waals surface area contributed by atoms with E-state index >= 15 is 0 Å². The molecule has 0 saturated carbocycles. The Kier molecular flexibility index (Phi) is 4.89. The molecule has 0 amide bonds. The van der Waals surface area contributed by atoms with Crippen LogP contribution in [0, 0.1) is 0 Å². The van der Waals surface area contributed by atoms with Crippen LogP contribution in [-0.2, 0) is 10.3 Å². The van der Waals surface area contributed by atoms with Crippen molar-refractivity contribution in [3.63, 3.8) is 0 Å². The lowest BCUT2D eigenvalue weighted by Crippen LogP contribution is -2.39. The molecule has 1 aromatic heterocycles. The average molecular weight is 242 g/mol. The molecular weight excluding hydrogens is 224 g/mol. The van der Waals surface area contributed by atoms with Crippen molar-refractivity contribution in [1.82, 2.24) is 10.3 Å². The Hall–Kier alpha value is -0.940. The molecule has 0 aliphatic heterocycles. The first-order valence-corrected chi connectivity index (χ1v) is 6.33. The number of carbonyl (C=O) groups is 1. The molecule has 1 heterocycles. The minimum atomic E-state index is -0.741. The molecule has 5 heteroatoms. The number of nitrogens with zero attached hydrogens (tertiary/aromatic N) is 1. The monoisotopic (exact) mass is 242 g/mol. The van der Waals surface area contributed by atoms with E-state index in [0.717, 1.165) is 11.4 Å². The van der Waals surface area contributed by atoms with Crippen LogP contribution in [0.4, 0.5) is 0 Å². The fraction of sp³-hybridized carbons (Fsp3) is 0.636. The highest BCUT2D eigenvalue weighted by Crippen LogP contribution is 2.25. The second-order valence-electron chi connectivity index (χ2n) is 3.95. The molecule has 0 fully saturated rings. The van der Waals surface area contributed by atoms with Gasteiger partial charge in [-0.1, -0.05) is 6.92 Å². The molecule has 0 radical (unpaired) electrons. The molecule has 0 saturated heterocycles. The van der Waals surface area contributed by atoms with Crippen LogP contribution in [0.5, 0.6) is 0 Å². The molecule has 0 aliphatic carbocycles. The van der Waals surface area contributed by atoms with E-state index in [0.29, 0.717) is 13.0 Å².